The number of hydrogen-bond acceptors (Lipinski definition) is 1. The third kappa shape index (κ3) is 2.05. The van der Waals surface area contributed by atoms with Crippen LogP contribution >= 0.6 is 0 Å². The summed E-state index contributed by atoms with van der Waals surface area (Å²) >= 11 is 0. The fraction of sp³-hybridized carbons (Fsp3) is 0.385. The SMILES string of the molecule is Cc1ccc(C2=CCC(N)CC2)cc1. The van der Waals surface area contributed by atoms with Gasteiger partial charge in [-0.3, -0.25) is 0 Å². The van der Waals surface area contributed by atoms with E-state index < -0.39 is 0 Å². The highest BCUT2D eigenvalue weighted by Crippen LogP contribution is 2.26. The Labute approximate surface area is 85.6 Å². The molecule has 0 radical (unpaired) electrons. The van der Waals surface area contributed by atoms with Crippen LogP contribution in [-0.4, -0.2) is 6.04 Å². The first-order valence-electron chi connectivity index (χ1n) is 5.27. The molecule has 14 heavy (non-hydrogen) atoms. The molecule has 1 nitrogen and oxygen atoms in total. The van der Waals surface area contributed by atoms with Crippen LogP contribution in [0.3, 0.4) is 0 Å². The van der Waals surface area contributed by atoms with Crippen LogP contribution in [0, 0.1) is 6.92 Å². The molecule has 1 aliphatic carbocycles. The van der Waals surface area contributed by atoms with Gasteiger partial charge < -0.3 is 5.73 Å². The molecule has 0 fully saturated rings. The molecule has 0 heterocycles. The van der Waals surface area contributed by atoms with Crippen molar-refractivity contribution in [2.75, 3.05) is 0 Å². The molecular formula is C13H17N. The summed E-state index contributed by atoms with van der Waals surface area (Å²) in [5.74, 6) is 0. The van der Waals surface area contributed by atoms with Gasteiger partial charge in [0.15, 0.2) is 0 Å². The Balaban J connectivity index is 2.19. The minimum Gasteiger partial charge on any atom is -0.327 e. The molecule has 1 aliphatic rings. The molecule has 0 spiro atoms. The predicted molar refractivity (Wildman–Crippen MR) is 61.0 cm³/mol. The number of benzene rings is 1. The Morgan fingerprint density at radius 1 is 1.21 bits per heavy atom. The van der Waals surface area contributed by atoms with E-state index in [1.165, 1.54) is 16.7 Å². The lowest BCUT2D eigenvalue weighted by Gasteiger charge is -2.18. The average Bonchev–Trinajstić information content (AvgIpc) is 2.21. The van der Waals surface area contributed by atoms with Gasteiger partial charge in [0.1, 0.15) is 0 Å². The normalized spacial score (nSPS) is 21.9. The van der Waals surface area contributed by atoms with E-state index in [1.807, 2.05) is 0 Å². The van der Waals surface area contributed by atoms with Gasteiger partial charge in [-0.15, -0.1) is 0 Å². The van der Waals surface area contributed by atoms with E-state index >= 15 is 0 Å². The van der Waals surface area contributed by atoms with E-state index in [9.17, 15) is 0 Å². The van der Waals surface area contributed by atoms with Crippen LogP contribution in [0.5, 0.6) is 0 Å². The van der Waals surface area contributed by atoms with E-state index in [4.69, 9.17) is 5.73 Å². The van der Waals surface area contributed by atoms with Crippen molar-refractivity contribution in [2.45, 2.75) is 32.2 Å². The summed E-state index contributed by atoms with van der Waals surface area (Å²) in [6.07, 6.45) is 5.58. The van der Waals surface area contributed by atoms with Gasteiger partial charge in [-0.05, 0) is 37.3 Å². The first kappa shape index (κ1) is 9.47. The lowest BCUT2D eigenvalue weighted by atomic mass is 9.91. The second-order valence-corrected chi connectivity index (χ2v) is 4.13. The van der Waals surface area contributed by atoms with E-state index in [0.29, 0.717) is 6.04 Å². The molecule has 1 aromatic rings. The fourth-order valence-corrected chi connectivity index (χ4v) is 1.88. The molecule has 2 rings (SSSR count). The molecule has 0 aliphatic heterocycles. The van der Waals surface area contributed by atoms with Crippen molar-refractivity contribution in [1.29, 1.82) is 0 Å². The second-order valence-electron chi connectivity index (χ2n) is 4.13. The van der Waals surface area contributed by atoms with Crippen molar-refractivity contribution < 1.29 is 0 Å². The van der Waals surface area contributed by atoms with Gasteiger partial charge in [0, 0.05) is 6.04 Å². The predicted octanol–water partition coefficient (Wildman–Crippen LogP) is 2.89. The van der Waals surface area contributed by atoms with Crippen molar-refractivity contribution in [3.63, 3.8) is 0 Å². The van der Waals surface area contributed by atoms with Crippen LogP contribution < -0.4 is 5.73 Å². The maximum atomic E-state index is 5.85. The van der Waals surface area contributed by atoms with E-state index in [0.717, 1.165) is 19.3 Å². The summed E-state index contributed by atoms with van der Waals surface area (Å²) in [5.41, 5.74) is 10.0. The molecule has 2 N–H and O–H groups in total. The summed E-state index contributed by atoms with van der Waals surface area (Å²) in [4.78, 5) is 0. The number of nitrogens with two attached hydrogens (primary N) is 1. The first-order chi connectivity index (χ1) is 6.75. The Hall–Kier alpha value is -1.08. The molecule has 1 unspecified atom stereocenters. The fourth-order valence-electron chi connectivity index (χ4n) is 1.88. The maximum absolute atomic E-state index is 5.85. The molecule has 0 saturated heterocycles. The zero-order valence-electron chi connectivity index (χ0n) is 8.66. The molecular weight excluding hydrogens is 170 g/mol. The molecule has 0 saturated carbocycles. The topological polar surface area (TPSA) is 26.0 Å². The van der Waals surface area contributed by atoms with Crippen LogP contribution in [0.4, 0.5) is 0 Å². The van der Waals surface area contributed by atoms with Crippen LogP contribution in [-0.2, 0) is 0 Å². The highest BCUT2D eigenvalue weighted by molar-refractivity contribution is 5.66. The summed E-state index contributed by atoms with van der Waals surface area (Å²) in [6.45, 7) is 2.12. The monoisotopic (exact) mass is 187 g/mol. The van der Waals surface area contributed by atoms with Crippen LogP contribution in [0.15, 0.2) is 30.3 Å². The van der Waals surface area contributed by atoms with Crippen LogP contribution in [0.2, 0.25) is 0 Å². The first-order valence-corrected chi connectivity index (χ1v) is 5.27. The average molecular weight is 187 g/mol. The van der Waals surface area contributed by atoms with Gasteiger partial charge in [0.05, 0.1) is 0 Å². The Kier molecular flexibility index (Phi) is 2.69. The van der Waals surface area contributed by atoms with E-state index in [-0.39, 0.29) is 0 Å². The standard InChI is InChI=1S/C13H17N/c1-10-2-4-11(5-3-10)12-6-8-13(14)9-7-12/h2-6,13H,7-9,14H2,1H3. The van der Waals surface area contributed by atoms with Gasteiger partial charge in [0.25, 0.3) is 0 Å². The van der Waals surface area contributed by atoms with Gasteiger partial charge in [0.2, 0.25) is 0 Å². The van der Waals surface area contributed by atoms with Crippen LogP contribution in [0.25, 0.3) is 5.57 Å². The zero-order valence-corrected chi connectivity index (χ0v) is 8.66. The third-order valence-corrected chi connectivity index (χ3v) is 2.87. The Morgan fingerprint density at radius 3 is 2.50 bits per heavy atom. The van der Waals surface area contributed by atoms with Gasteiger partial charge in [-0.25, -0.2) is 0 Å². The summed E-state index contributed by atoms with van der Waals surface area (Å²) in [6, 6.07) is 9.13. The number of rotatable bonds is 1. The lowest BCUT2D eigenvalue weighted by molar-refractivity contribution is 0.614. The number of allylic oxidation sites excluding steroid dienone is 1. The Morgan fingerprint density at radius 2 is 1.93 bits per heavy atom. The summed E-state index contributed by atoms with van der Waals surface area (Å²) in [7, 11) is 0. The van der Waals surface area contributed by atoms with Crippen molar-refractivity contribution >= 4 is 5.57 Å². The molecule has 0 bridgehead atoms. The Bertz CT molecular complexity index is 335. The number of hydrogen-bond donors (Lipinski definition) is 1. The lowest BCUT2D eigenvalue weighted by Crippen LogP contribution is -2.21. The zero-order chi connectivity index (χ0) is 9.97. The smallest absolute Gasteiger partial charge is 0.00767 e. The van der Waals surface area contributed by atoms with Crippen molar-refractivity contribution in [1.82, 2.24) is 0 Å². The minimum atomic E-state index is 0.379. The minimum absolute atomic E-state index is 0.379. The van der Waals surface area contributed by atoms with Crippen molar-refractivity contribution in [2.24, 2.45) is 5.73 Å². The van der Waals surface area contributed by atoms with Crippen LogP contribution in [0.1, 0.15) is 30.4 Å². The largest absolute Gasteiger partial charge is 0.327 e. The summed E-state index contributed by atoms with van der Waals surface area (Å²) < 4.78 is 0. The molecule has 0 aromatic heterocycles. The van der Waals surface area contributed by atoms with E-state index in [1.54, 1.807) is 0 Å². The highest BCUT2D eigenvalue weighted by Gasteiger charge is 2.11. The third-order valence-electron chi connectivity index (χ3n) is 2.87. The van der Waals surface area contributed by atoms with Crippen molar-refractivity contribution in [3.05, 3.63) is 41.5 Å². The van der Waals surface area contributed by atoms with E-state index in [2.05, 4.69) is 37.3 Å². The summed E-state index contributed by atoms with van der Waals surface area (Å²) in [5, 5.41) is 0. The molecule has 74 valence electrons. The van der Waals surface area contributed by atoms with Gasteiger partial charge >= 0.3 is 0 Å². The highest BCUT2D eigenvalue weighted by atomic mass is 14.6. The molecule has 1 atom stereocenters. The maximum Gasteiger partial charge on any atom is 0.00767 e. The second kappa shape index (κ2) is 3.97. The molecule has 1 heteroatoms. The quantitative estimate of drug-likeness (QED) is 0.718. The van der Waals surface area contributed by atoms with Gasteiger partial charge in [-0.2, -0.15) is 0 Å². The van der Waals surface area contributed by atoms with Crippen molar-refractivity contribution in [3.8, 4) is 0 Å². The van der Waals surface area contributed by atoms with Gasteiger partial charge in [-0.1, -0.05) is 35.9 Å². The molecule has 0 amide bonds. The molecule has 1 aromatic carbocycles. The number of aryl methyl sites for hydroxylation is 1.